The average molecular weight is 308 g/mol. The maximum Gasteiger partial charge on any atom is 0.310 e. The molecular formula is C14H12O8. The van der Waals surface area contributed by atoms with Crippen LogP contribution in [0.4, 0.5) is 0 Å². The summed E-state index contributed by atoms with van der Waals surface area (Å²) in [6, 6.07) is 0. The predicted molar refractivity (Wildman–Crippen MR) is 69.9 cm³/mol. The lowest BCUT2D eigenvalue weighted by Crippen LogP contribution is -2.22. The van der Waals surface area contributed by atoms with E-state index in [2.05, 4.69) is 0 Å². The van der Waals surface area contributed by atoms with E-state index in [0.717, 1.165) is 0 Å². The van der Waals surface area contributed by atoms with Crippen molar-refractivity contribution in [2.24, 2.45) is 0 Å². The van der Waals surface area contributed by atoms with Gasteiger partial charge < -0.3 is 24.1 Å². The van der Waals surface area contributed by atoms with Crippen LogP contribution < -0.4 is 18.9 Å². The van der Waals surface area contributed by atoms with Gasteiger partial charge in [-0.15, -0.1) is 0 Å². The molecule has 0 unspecified atom stereocenters. The van der Waals surface area contributed by atoms with Gasteiger partial charge in [-0.2, -0.15) is 0 Å². The summed E-state index contributed by atoms with van der Waals surface area (Å²) < 4.78 is 21.4. The van der Waals surface area contributed by atoms with Crippen LogP contribution in [0.2, 0.25) is 0 Å². The molecule has 2 aliphatic heterocycles. The summed E-state index contributed by atoms with van der Waals surface area (Å²) >= 11 is 0. The first-order chi connectivity index (χ1) is 10.4. The Morgan fingerprint density at radius 1 is 0.955 bits per heavy atom. The van der Waals surface area contributed by atoms with Crippen LogP contribution in [0.15, 0.2) is 0 Å². The first kappa shape index (κ1) is 14.2. The molecule has 1 N–H and O–H groups in total. The molecule has 0 atom stereocenters. The molecule has 0 amide bonds. The Hall–Kier alpha value is -2.77. The zero-order chi connectivity index (χ0) is 16.0. The molecule has 0 aliphatic carbocycles. The summed E-state index contributed by atoms with van der Waals surface area (Å²) in [5.41, 5.74) is 0.167. The molecule has 0 saturated heterocycles. The summed E-state index contributed by atoms with van der Waals surface area (Å²) in [6.07, 6.45) is -1.55. The molecule has 2 heterocycles. The molecule has 3 rings (SSSR count). The lowest BCUT2D eigenvalue weighted by Gasteiger charge is -2.10. The van der Waals surface area contributed by atoms with Gasteiger partial charge in [-0.3, -0.25) is 14.4 Å². The highest BCUT2D eigenvalue weighted by atomic mass is 16.7. The number of hydrogen-bond donors (Lipinski definition) is 1. The van der Waals surface area contributed by atoms with E-state index in [1.54, 1.807) is 0 Å². The van der Waals surface area contributed by atoms with Crippen molar-refractivity contribution in [3.63, 3.8) is 0 Å². The molecule has 8 nitrogen and oxygen atoms in total. The lowest BCUT2D eigenvalue weighted by atomic mass is 10.0. The Morgan fingerprint density at radius 3 is 1.77 bits per heavy atom. The van der Waals surface area contributed by atoms with Gasteiger partial charge in [-0.1, -0.05) is 0 Å². The molecule has 0 saturated carbocycles. The van der Waals surface area contributed by atoms with E-state index < -0.39 is 18.7 Å². The van der Waals surface area contributed by atoms with Crippen LogP contribution in [-0.4, -0.2) is 35.7 Å². The van der Waals surface area contributed by atoms with Crippen molar-refractivity contribution in [1.82, 2.24) is 0 Å². The molecule has 8 heteroatoms. The number of carbonyl (C=O) groups excluding carboxylic acids is 2. The SMILES string of the molecule is CC(=O)c1c2c(c(C(C)=O)c3c1OC(CC(=O)O)O3)OCO2. The maximum atomic E-state index is 11.9. The fourth-order valence-electron chi connectivity index (χ4n) is 2.46. The Kier molecular flexibility index (Phi) is 3.16. The van der Waals surface area contributed by atoms with E-state index in [9.17, 15) is 14.4 Å². The van der Waals surface area contributed by atoms with E-state index >= 15 is 0 Å². The molecule has 2 aliphatic rings. The van der Waals surface area contributed by atoms with Crippen LogP contribution >= 0.6 is 0 Å². The molecular weight excluding hydrogens is 296 g/mol. The second-order valence-electron chi connectivity index (χ2n) is 4.85. The molecule has 0 aromatic heterocycles. The summed E-state index contributed by atoms with van der Waals surface area (Å²) in [6.45, 7) is 2.48. The van der Waals surface area contributed by atoms with Gasteiger partial charge in [0.15, 0.2) is 34.6 Å². The quantitative estimate of drug-likeness (QED) is 0.831. The maximum absolute atomic E-state index is 11.9. The fraction of sp³-hybridized carbons (Fsp3) is 0.357. The highest BCUT2D eigenvalue weighted by Gasteiger charge is 2.40. The van der Waals surface area contributed by atoms with E-state index in [1.165, 1.54) is 13.8 Å². The van der Waals surface area contributed by atoms with Gasteiger partial charge in [0, 0.05) is 0 Å². The van der Waals surface area contributed by atoms with Gasteiger partial charge in [0.1, 0.15) is 17.5 Å². The number of ether oxygens (including phenoxy) is 4. The topological polar surface area (TPSA) is 108 Å². The van der Waals surface area contributed by atoms with E-state index in [0.29, 0.717) is 0 Å². The van der Waals surface area contributed by atoms with Crippen molar-refractivity contribution in [2.45, 2.75) is 26.6 Å². The van der Waals surface area contributed by atoms with E-state index in [4.69, 9.17) is 24.1 Å². The normalized spacial score (nSPS) is 15.0. The smallest absolute Gasteiger partial charge is 0.310 e. The number of benzene rings is 1. The van der Waals surface area contributed by atoms with Crippen molar-refractivity contribution >= 4 is 17.5 Å². The van der Waals surface area contributed by atoms with Crippen LogP contribution in [0, 0.1) is 0 Å². The third-order valence-electron chi connectivity index (χ3n) is 3.27. The van der Waals surface area contributed by atoms with Crippen molar-refractivity contribution in [3.8, 4) is 23.0 Å². The minimum absolute atomic E-state index is 0.0215. The Balaban J connectivity index is 2.20. The molecule has 0 spiro atoms. The number of hydrogen-bond acceptors (Lipinski definition) is 7. The number of rotatable bonds is 4. The van der Waals surface area contributed by atoms with Gasteiger partial charge in [-0.25, -0.2) is 0 Å². The number of carboxylic acids is 1. The fourth-order valence-corrected chi connectivity index (χ4v) is 2.46. The molecule has 0 fully saturated rings. The van der Waals surface area contributed by atoms with Gasteiger partial charge in [-0.05, 0) is 13.8 Å². The van der Waals surface area contributed by atoms with E-state index in [-0.39, 0.29) is 52.5 Å². The largest absolute Gasteiger partial charge is 0.481 e. The Morgan fingerprint density at radius 2 is 1.41 bits per heavy atom. The molecule has 0 radical (unpaired) electrons. The van der Waals surface area contributed by atoms with Crippen LogP contribution in [0.5, 0.6) is 23.0 Å². The molecule has 1 aromatic carbocycles. The van der Waals surface area contributed by atoms with Crippen LogP contribution in [0.1, 0.15) is 41.0 Å². The molecule has 1 aromatic rings. The number of carbonyl (C=O) groups is 3. The minimum Gasteiger partial charge on any atom is -0.481 e. The van der Waals surface area contributed by atoms with Gasteiger partial charge in [0.25, 0.3) is 6.29 Å². The number of ketones is 2. The van der Waals surface area contributed by atoms with Gasteiger partial charge in [0.05, 0.1) is 0 Å². The van der Waals surface area contributed by atoms with Crippen molar-refractivity contribution in [3.05, 3.63) is 11.1 Å². The predicted octanol–water partition coefficient (Wildman–Crippen LogP) is 1.39. The van der Waals surface area contributed by atoms with Crippen molar-refractivity contribution < 1.29 is 38.4 Å². The highest BCUT2D eigenvalue weighted by Crippen LogP contribution is 2.53. The molecule has 116 valence electrons. The number of fused-ring (bicyclic) bond motifs is 2. The Labute approximate surface area is 124 Å². The zero-order valence-corrected chi connectivity index (χ0v) is 11.8. The third kappa shape index (κ3) is 2.03. The monoisotopic (exact) mass is 308 g/mol. The first-order valence-corrected chi connectivity index (χ1v) is 6.46. The number of aliphatic carboxylic acids is 1. The van der Waals surface area contributed by atoms with Crippen molar-refractivity contribution in [1.29, 1.82) is 0 Å². The average Bonchev–Trinajstić information content (AvgIpc) is 2.99. The minimum atomic E-state index is -1.13. The first-order valence-electron chi connectivity index (χ1n) is 6.46. The summed E-state index contributed by atoms with van der Waals surface area (Å²) in [5.74, 6) is -1.58. The summed E-state index contributed by atoms with van der Waals surface area (Å²) in [7, 11) is 0. The molecule has 0 bridgehead atoms. The summed E-state index contributed by atoms with van der Waals surface area (Å²) in [5, 5.41) is 8.83. The molecule has 22 heavy (non-hydrogen) atoms. The standard InChI is InChI=1S/C14H12O8/c1-5(15)9-11-12(20-4-19-11)10(6(2)16)14-13(9)21-8(22-14)3-7(17)18/h8H,3-4H2,1-2H3,(H,17,18). The third-order valence-corrected chi connectivity index (χ3v) is 3.27. The number of Topliss-reactive ketones (excluding diaryl/α,β-unsaturated/α-hetero) is 2. The van der Waals surface area contributed by atoms with Crippen molar-refractivity contribution in [2.75, 3.05) is 6.79 Å². The van der Waals surface area contributed by atoms with Crippen LogP contribution in [0.3, 0.4) is 0 Å². The summed E-state index contributed by atoms with van der Waals surface area (Å²) in [4.78, 5) is 34.6. The van der Waals surface area contributed by atoms with Gasteiger partial charge in [0.2, 0.25) is 6.79 Å². The lowest BCUT2D eigenvalue weighted by molar-refractivity contribution is -0.141. The van der Waals surface area contributed by atoms with Crippen LogP contribution in [-0.2, 0) is 4.79 Å². The van der Waals surface area contributed by atoms with E-state index in [1.807, 2.05) is 0 Å². The Bertz CT molecular complexity index is 655. The zero-order valence-electron chi connectivity index (χ0n) is 11.8. The second kappa shape index (κ2) is 4.90. The van der Waals surface area contributed by atoms with Crippen LogP contribution in [0.25, 0.3) is 0 Å². The highest BCUT2D eigenvalue weighted by molar-refractivity contribution is 6.08. The second-order valence-corrected chi connectivity index (χ2v) is 4.85. The van der Waals surface area contributed by atoms with Gasteiger partial charge >= 0.3 is 5.97 Å². The number of carboxylic acid groups (broad SMARTS) is 1.